The van der Waals surface area contributed by atoms with Crippen LogP contribution in [0.4, 0.5) is 0 Å². The monoisotopic (exact) mass is 428 g/mol. The second kappa shape index (κ2) is 8.43. The summed E-state index contributed by atoms with van der Waals surface area (Å²) in [6.45, 7) is 0.462. The molecule has 1 aliphatic rings. The molecule has 2 aromatic carbocycles. The molecular formula is C22H21ClN2O3S. The van der Waals surface area contributed by atoms with Crippen molar-refractivity contribution >= 4 is 28.8 Å². The van der Waals surface area contributed by atoms with E-state index in [0.717, 1.165) is 40.5 Å². The molecule has 0 atom stereocenters. The summed E-state index contributed by atoms with van der Waals surface area (Å²) in [5.41, 5.74) is 1.76. The Morgan fingerprint density at radius 1 is 1.21 bits per heavy atom. The van der Waals surface area contributed by atoms with E-state index in [0.29, 0.717) is 16.4 Å². The van der Waals surface area contributed by atoms with Gasteiger partial charge < -0.3 is 14.4 Å². The van der Waals surface area contributed by atoms with E-state index < -0.39 is 0 Å². The zero-order valence-corrected chi connectivity index (χ0v) is 17.8. The Kier molecular flexibility index (Phi) is 5.74. The molecule has 0 spiro atoms. The van der Waals surface area contributed by atoms with Crippen LogP contribution in [0.3, 0.4) is 0 Å². The fourth-order valence-corrected chi connectivity index (χ4v) is 4.41. The van der Waals surface area contributed by atoms with Gasteiger partial charge in [-0.15, -0.1) is 11.3 Å². The van der Waals surface area contributed by atoms with Gasteiger partial charge in [0.1, 0.15) is 21.4 Å². The van der Waals surface area contributed by atoms with E-state index in [1.54, 1.807) is 20.4 Å². The summed E-state index contributed by atoms with van der Waals surface area (Å²) >= 11 is 7.65. The molecule has 1 heterocycles. The lowest BCUT2D eigenvalue weighted by molar-refractivity contribution is 0.0733. The highest BCUT2D eigenvalue weighted by Crippen LogP contribution is 2.36. The summed E-state index contributed by atoms with van der Waals surface area (Å²) in [5, 5.41) is 1.37. The molecule has 1 aliphatic carbocycles. The number of rotatable bonds is 7. The van der Waals surface area contributed by atoms with Crippen LogP contribution in [-0.2, 0) is 6.54 Å². The molecule has 0 aliphatic heterocycles. The highest BCUT2D eigenvalue weighted by Gasteiger charge is 2.34. The molecule has 1 fully saturated rings. The number of carbonyl (C=O) groups excluding carboxylic acids is 1. The summed E-state index contributed by atoms with van der Waals surface area (Å²) < 4.78 is 10.8. The van der Waals surface area contributed by atoms with Crippen molar-refractivity contribution in [3.8, 4) is 22.1 Å². The van der Waals surface area contributed by atoms with Crippen LogP contribution in [0.15, 0.2) is 48.7 Å². The average Bonchev–Trinajstić information content (AvgIpc) is 3.47. The highest BCUT2D eigenvalue weighted by atomic mass is 35.5. The number of hydrogen-bond donors (Lipinski definition) is 0. The third kappa shape index (κ3) is 4.23. The van der Waals surface area contributed by atoms with Gasteiger partial charge in [0.15, 0.2) is 0 Å². The number of aromatic nitrogens is 1. The van der Waals surface area contributed by atoms with Crippen molar-refractivity contribution in [3.63, 3.8) is 0 Å². The maximum Gasteiger partial charge on any atom is 0.266 e. The van der Waals surface area contributed by atoms with Crippen molar-refractivity contribution in [2.45, 2.75) is 25.4 Å². The molecule has 1 saturated carbocycles. The number of amides is 1. The standard InChI is InChI=1S/C22H21ClN2O3S/c1-27-16-9-10-19(28-2)14(11-16)13-25(15-7-8-15)22(26)20-12-24-21(29-20)17-5-3-4-6-18(17)23/h3-6,9-12,15H,7-8,13H2,1-2H3. The summed E-state index contributed by atoms with van der Waals surface area (Å²) in [6.07, 6.45) is 3.66. The molecule has 3 aromatic rings. The van der Waals surface area contributed by atoms with Gasteiger partial charge in [-0.3, -0.25) is 4.79 Å². The Bertz CT molecular complexity index is 1030. The van der Waals surface area contributed by atoms with Crippen LogP contribution in [0.1, 0.15) is 28.1 Å². The summed E-state index contributed by atoms with van der Waals surface area (Å²) in [4.78, 5) is 20.3. The molecule has 0 unspecified atom stereocenters. The van der Waals surface area contributed by atoms with Crippen LogP contribution in [-0.4, -0.2) is 36.1 Å². The Morgan fingerprint density at radius 3 is 2.69 bits per heavy atom. The number of thiazole rings is 1. The molecule has 1 aromatic heterocycles. The molecule has 0 bridgehead atoms. The van der Waals surface area contributed by atoms with Crippen LogP contribution in [0.5, 0.6) is 11.5 Å². The van der Waals surface area contributed by atoms with Gasteiger partial charge in [-0.05, 0) is 37.1 Å². The minimum atomic E-state index is -0.0202. The molecular weight excluding hydrogens is 408 g/mol. The van der Waals surface area contributed by atoms with Crippen LogP contribution in [0.2, 0.25) is 5.02 Å². The van der Waals surface area contributed by atoms with Crippen LogP contribution >= 0.6 is 22.9 Å². The Hall–Kier alpha value is -2.57. The van der Waals surface area contributed by atoms with Crippen LogP contribution in [0.25, 0.3) is 10.6 Å². The maximum absolute atomic E-state index is 13.3. The van der Waals surface area contributed by atoms with E-state index in [9.17, 15) is 4.79 Å². The van der Waals surface area contributed by atoms with Crippen molar-refractivity contribution in [1.82, 2.24) is 9.88 Å². The van der Waals surface area contributed by atoms with Gasteiger partial charge in [-0.2, -0.15) is 0 Å². The van der Waals surface area contributed by atoms with Crippen molar-refractivity contribution in [1.29, 1.82) is 0 Å². The van der Waals surface area contributed by atoms with Crippen LogP contribution < -0.4 is 9.47 Å². The van der Waals surface area contributed by atoms with E-state index in [-0.39, 0.29) is 11.9 Å². The minimum absolute atomic E-state index is 0.0202. The first-order chi connectivity index (χ1) is 14.1. The van der Waals surface area contributed by atoms with E-state index in [1.165, 1.54) is 11.3 Å². The summed E-state index contributed by atoms with van der Waals surface area (Å²) in [6, 6.07) is 13.4. The number of nitrogens with zero attached hydrogens (tertiary/aromatic N) is 2. The molecule has 4 rings (SSSR count). The Morgan fingerprint density at radius 2 is 2.00 bits per heavy atom. The van der Waals surface area contributed by atoms with E-state index in [1.807, 2.05) is 47.4 Å². The minimum Gasteiger partial charge on any atom is -0.497 e. The number of methoxy groups -OCH3 is 2. The molecule has 5 nitrogen and oxygen atoms in total. The number of halogens is 1. The number of hydrogen-bond acceptors (Lipinski definition) is 5. The first-order valence-corrected chi connectivity index (χ1v) is 10.5. The van der Waals surface area contributed by atoms with Gasteiger partial charge in [-0.25, -0.2) is 4.98 Å². The second-order valence-corrected chi connectivity index (χ2v) is 8.29. The first-order valence-electron chi connectivity index (χ1n) is 9.33. The third-order valence-corrected chi connectivity index (χ3v) is 6.25. The zero-order chi connectivity index (χ0) is 20.4. The number of carbonyl (C=O) groups is 1. The quantitative estimate of drug-likeness (QED) is 0.513. The SMILES string of the molecule is COc1ccc(OC)c(CN(C(=O)c2cnc(-c3ccccc3Cl)s2)C2CC2)c1. The van der Waals surface area contributed by atoms with Gasteiger partial charge in [-0.1, -0.05) is 29.8 Å². The molecule has 150 valence electrons. The maximum atomic E-state index is 13.3. The molecule has 0 radical (unpaired) electrons. The topological polar surface area (TPSA) is 51.7 Å². The lowest BCUT2D eigenvalue weighted by atomic mass is 10.1. The van der Waals surface area contributed by atoms with Crippen molar-refractivity contribution in [2.75, 3.05) is 14.2 Å². The molecule has 29 heavy (non-hydrogen) atoms. The van der Waals surface area contributed by atoms with Gasteiger partial charge in [0.2, 0.25) is 0 Å². The largest absolute Gasteiger partial charge is 0.497 e. The van der Waals surface area contributed by atoms with Gasteiger partial charge in [0.05, 0.1) is 32.0 Å². The van der Waals surface area contributed by atoms with Gasteiger partial charge in [0, 0.05) is 17.2 Å². The van der Waals surface area contributed by atoms with Gasteiger partial charge >= 0.3 is 0 Å². The number of benzene rings is 2. The molecule has 0 saturated heterocycles. The molecule has 0 N–H and O–H groups in total. The third-order valence-electron chi connectivity index (χ3n) is 4.90. The van der Waals surface area contributed by atoms with E-state index in [2.05, 4.69) is 4.98 Å². The predicted octanol–water partition coefficient (Wildman–Crippen LogP) is 5.29. The highest BCUT2D eigenvalue weighted by molar-refractivity contribution is 7.17. The zero-order valence-electron chi connectivity index (χ0n) is 16.2. The van der Waals surface area contributed by atoms with Crippen molar-refractivity contribution < 1.29 is 14.3 Å². The van der Waals surface area contributed by atoms with Crippen LogP contribution in [0, 0.1) is 0 Å². The summed E-state index contributed by atoms with van der Waals surface area (Å²) in [7, 11) is 3.26. The fraction of sp³-hybridized carbons (Fsp3) is 0.273. The summed E-state index contributed by atoms with van der Waals surface area (Å²) in [5.74, 6) is 1.46. The molecule has 1 amide bonds. The van der Waals surface area contributed by atoms with Crippen molar-refractivity contribution in [3.05, 3.63) is 64.1 Å². The van der Waals surface area contributed by atoms with Crippen molar-refractivity contribution in [2.24, 2.45) is 0 Å². The van der Waals surface area contributed by atoms with E-state index >= 15 is 0 Å². The molecule has 7 heteroatoms. The fourth-order valence-electron chi connectivity index (χ4n) is 3.22. The normalized spacial score (nSPS) is 13.2. The average molecular weight is 429 g/mol. The first kappa shape index (κ1) is 19.7. The van der Waals surface area contributed by atoms with E-state index in [4.69, 9.17) is 21.1 Å². The second-order valence-electron chi connectivity index (χ2n) is 6.85. The Labute approximate surface area is 178 Å². The van der Waals surface area contributed by atoms with Gasteiger partial charge in [0.25, 0.3) is 5.91 Å². The number of ether oxygens (including phenoxy) is 2. The lowest BCUT2D eigenvalue weighted by Crippen LogP contribution is -2.32. The predicted molar refractivity (Wildman–Crippen MR) is 115 cm³/mol. The lowest BCUT2D eigenvalue weighted by Gasteiger charge is -2.23. The smallest absolute Gasteiger partial charge is 0.266 e. The Balaban J connectivity index is 1.61.